The first-order valence-electron chi connectivity index (χ1n) is 5.29. The van der Waals surface area contributed by atoms with Crippen molar-refractivity contribution in [1.29, 1.82) is 0 Å². The lowest BCUT2D eigenvalue weighted by molar-refractivity contribution is 0.0586. The zero-order chi connectivity index (χ0) is 10.6. The number of nitrogens with zero attached hydrogens (tertiary/aromatic N) is 1. The SMILES string of the molecule is CNCC(O)CN(C)C1CCOC1C. The fourth-order valence-corrected chi connectivity index (χ4v) is 2.07. The van der Waals surface area contributed by atoms with Gasteiger partial charge in [-0.15, -0.1) is 0 Å². The smallest absolute Gasteiger partial charge is 0.0791 e. The van der Waals surface area contributed by atoms with Gasteiger partial charge in [0.15, 0.2) is 0 Å². The maximum Gasteiger partial charge on any atom is 0.0791 e. The first kappa shape index (κ1) is 11.9. The van der Waals surface area contributed by atoms with Gasteiger partial charge in [-0.3, -0.25) is 4.90 Å². The fraction of sp³-hybridized carbons (Fsp3) is 1.00. The Hall–Kier alpha value is -0.160. The monoisotopic (exact) mass is 202 g/mol. The number of nitrogens with one attached hydrogen (secondary N) is 1. The van der Waals surface area contributed by atoms with E-state index in [4.69, 9.17) is 4.74 Å². The summed E-state index contributed by atoms with van der Waals surface area (Å²) in [6, 6.07) is 0.460. The van der Waals surface area contributed by atoms with Gasteiger partial charge in [0, 0.05) is 25.7 Å². The van der Waals surface area contributed by atoms with Crippen LogP contribution >= 0.6 is 0 Å². The number of aliphatic hydroxyl groups is 1. The van der Waals surface area contributed by atoms with Gasteiger partial charge < -0.3 is 15.2 Å². The van der Waals surface area contributed by atoms with Crippen LogP contribution in [0.5, 0.6) is 0 Å². The summed E-state index contributed by atoms with van der Waals surface area (Å²) in [6.45, 7) is 4.29. The number of aliphatic hydroxyl groups excluding tert-OH is 1. The van der Waals surface area contributed by atoms with E-state index >= 15 is 0 Å². The van der Waals surface area contributed by atoms with E-state index in [-0.39, 0.29) is 6.10 Å². The van der Waals surface area contributed by atoms with Crippen LogP contribution in [-0.2, 0) is 4.74 Å². The first-order chi connectivity index (χ1) is 6.65. The highest BCUT2D eigenvalue weighted by Crippen LogP contribution is 2.17. The maximum atomic E-state index is 9.62. The summed E-state index contributed by atoms with van der Waals surface area (Å²) in [7, 11) is 3.90. The second kappa shape index (κ2) is 5.66. The van der Waals surface area contributed by atoms with Crippen LogP contribution in [0.2, 0.25) is 0 Å². The Balaban J connectivity index is 2.29. The van der Waals surface area contributed by atoms with Gasteiger partial charge in [0.05, 0.1) is 12.2 Å². The van der Waals surface area contributed by atoms with E-state index in [0.29, 0.717) is 25.2 Å². The Morgan fingerprint density at radius 3 is 2.86 bits per heavy atom. The largest absolute Gasteiger partial charge is 0.390 e. The molecule has 1 aliphatic heterocycles. The summed E-state index contributed by atoms with van der Waals surface area (Å²) in [6.07, 6.45) is 1.07. The van der Waals surface area contributed by atoms with Crippen molar-refractivity contribution in [3.05, 3.63) is 0 Å². The molecule has 1 fully saturated rings. The van der Waals surface area contributed by atoms with Gasteiger partial charge in [-0.05, 0) is 27.4 Å². The Kier molecular flexibility index (Phi) is 4.81. The molecule has 1 saturated heterocycles. The standard InChI is InChI=1S/C10H22N2O2/c1-8-10(4-5-14-8)12(3)7-9(13)6-11-2/h8-11,13H,4-7H2,1-3H3. The van der Waals surface area contributed by atoms with E-state index in [1.165, 1.54) is 0 Å². The van der Waals surface area contributed by atoms with Gasteiger partial charge in [-0.1, -0.05) is 0 Å². The minimum atomic E-state index is -0.294. The van der Waals surface area contributed by atoms with Gasteiger partial charge in [0.25, 0.3) is 0 Å². The zero-order valence-corrected chi connectivity index (χ0v) is 9.36. The second-order valence-corrected chi connectivity index (χ2v) is 4.08. The van der Waals surface area contributed by atoms with Crippen LogP contribution in [0.15, 0.2) is 0 Å². The molecule has 3 atom stereocenters. The minimum absolute atomic E-state index is 0.293. The van der Waals surface area contributed by atoms with Gasteiger partial charge in [0.1, 0.15) is 0 Å². The molecule has 1 heterocycles. The Morgan fingerprint density at radius 1 is 1.64 bits per heavy atom. The summed E-state index contributed by atoms with van der Waals surface area (Å²) in [5, 5.41) is 12.6. The summed E-state index contributed by atoms with van der Waals surface area (Å²) >= 11 is 0. The fourth-order valence-electron chi connectivity index (χ4n) is 2.07. The molecular formula is C10H22N2O2. The summed E-state index contributed by atoms with van der Waals surface area (Å²) in [5.41, 5.74) is 0. The number of rotatable bonds is 5. The molecule has 1 rings (SSSR count). The van der Waals surface area contributed by atoms with Gasteiger partial charge in [0.2, 0.25) is 0 Å². The molecule has 1 aliphatic rings. The quantitative estimate of drug-likeness (QED) is 0.641. The molecule has 4 nitrogen and oxygen atoms in total. The molecule has 0 bridgehead atoms. The summed E-state index contributed by atoms with van der Waals surface area (Å²) in [5.74, 6) is 0. The maximum absolute atomic E-state index is 9.62. The summed E-state index contributed by atoms with van der Waals surface area (Å²) in [4.78, 5) is 2.19. The Labute approximate surface area is 86.2 Å². The third kappa shape index (κ3) is 3.20. The van der Waals surface area contributed by atoms with Crippen LogP contribution in [0.3, 0.4) is 0 Å². The van der Waals surface area contributed by atoms with Crippen molar-refractivity contribution in [3.63, 3.8) is 0 Å². The predicted molar refractivity (Wildman–Crippen MR) is 56.4 cm³/mol. The highest BCUT2D eigenvalue weighted by Gasteiger charge is 2.28. The van der Waals surface area contributed by atoms with Crippen molar-refractivity contribution in [1.82, 2.24) is 10.2 Å². The molecule has 0 aromatic rings. The van der Waals surface area contributed by atoms with E-state index in [1.807, 2.05) is 7.05 Å². The molecule has 0 radical (unpaired) electrons. The molecule has 14 heavy (non-hydrogen) atoms. The van der Waals surface area contributed by atoms with Crippen LogP contribution < -0.4 is 5.32 Å². The molecule has 84 valence electrons. The van der Waals surface area contributed by atoms with Crippen molar-refractivity contribution in [2.45, 2.75) is 31.6 Å². The molecule has 2 N–H and O–H groups in total. The van der Waals surface area contributed by atoms with Crippen molar-refractivity contribution in [2.24, 2.45) is 0 Å². The first-order valence-corrected chi connectivity index (χ1v) is 5.29. The number of ether oxygens (including phenoxy) is 1. The van der Waals surface area contributed by atoms with Crippen molar-refractivity contribution in [3.8, 4) is 0 Å². The number of likely N-dealkylation sites (N-methyl/N-ethyl adjacent to an activating group) is 2. The Bertz CT molecular complexity index is 166. The van der Waals surface area contributed by atoms with Gasteiger partial charge in [-0.25, -0.2) is 0 Å². The van der Waals surface area contributed by atoms with E-state index in [0.717, 1.165) is 13.0 Å². The van der Waals surface area contributed by atoms with Crippen LogP contribution in [0.25, 0.3) is 0 Å². The van der Waals surface area contributed by atoms with E-state index in [1.54, 1.807) is 0 Å². The Morgan fingerprint density at radius 2 is 2.36 bits per heavy atom. The van der Waals surface area contributed by atoms with Gasteiger partial charge in [-0.2, -0.15) is 0 Å². The highest BCUT2D eigenvalue weighted by molar-refractivity contribution is 4.81. The molecule has 0 aromatic heterocycles. The van der Waals surface area contributed by atoms with Crippen molar-refractivity contribution in [2.75, 3.05) is 33.8 Å². The molecule has 0 aromatic carbocycles. The third-order valence-electron chi connectivity index (χ3n) is 2.84. The predicted octanol–water partition coefficient (Wildman–Crippen LogP) is -0.324. The van der Waals surface area contributed by atoms with Crippen molar-refractivity contribution < 1.29 is 9.84 Å². The van der Waals surface area contributed by atoms with Crippen LogP contribution in [0.1, 0.15) is 13.3 Å². The van der Waals surface area contributed by atoms with Crippen LogP contribution in [0.4, 0.5) is 0 Å². The average molecular weight is 202 g/mol. The van der Waals surface area contributed by atoms with E-state index in [2.05, 4.69) is 24.2 Å². The van der Waals surface area contributed by atoms with Crippen molar-refractivity contribution >= 4 is 0 Å². The molecule has 0 aliphatic carbocycles. The lowest BCUT2D eigenvalue weighted by Gasteiger charge is -2.28. The molecule has 3 unspecified atom stereocenters. The highest BCUT2D eigenvalue weighted by atomic mass is 16.5. The number of hydrogen-bond donors (Lipinski definition) is 2. The molecular weight excluding hydrogens is 180 g/mol. The lowest BCUT2D eigenvalue weighted by Crippen LogP contribution is -2.43. The number of hydrogen-bond acceptors (Lipinski definition) is 4. The van der Waals surface area contributed by atoms with Crippen LogP contribution in [-0.4, -0.2) is 62.0 Å². The van der Waals surface area contributed by atoms with Gasteiger partial charge >= 0.3 is 0 Å². The normalized spacial score (nSPS) is 29.8. The average Bonchev–Trinajstić information content (AvgIpc) is 2.51. The zero-order valence-electron chi connectivity index (χ0n) is 9.36. The minimum Gasteiger partial charge on any atom is -0.390 e. The topological polar surface area (TPSA) is 44.7 Å². The second-order valence-electron chi connectivity index (χ2n) is 4.08. The van der Waals surface area contributed by atoms with E-state index < -0.39 is 0 Å². The lowest BCUT2D eigenvalue weighted by atomic mass is 10.1. The molecule has 0 saturated carbocycles. The third-order valence-corrected chi connectivity index (χ3v) is 2.84. The van der Waals surface area contributed by atoms with Crippen LogP contribution in [0, 0.1) is 0 Å². The van der Waals surface area contributed by atoms with E-state index in [9.17, 15) is 5.11 Å². The molecule has 4 heteroatoms. The molecule has 0 amide bonds. The summed E-state index contributed by atoms with van der Waals surface area (Å²) < 4.78 is 5.49. The molecule has 0 spiro atoms.